The SMILES string of the molecule is Fc1ccc(Sc2ccncc2Br)c(F)c1. The van der Waals surface area contributed by atoms with E-state index in [2.05, 4.69) is 20.9 Å². The monoisotopic (exact) mass is 301 g/mol. The lowest BCUT2D eigenvalue weighted by Crippen LogP contribution is -1.84. The van der Waals surface area contributed by atoms with Gasteiger partial charge < -0.3 is 0 Å². The summed E-state index contributed by atoms with van der Waals surface area (Å²) < 4.78 is 26.9. The molecule has 2 rings (SSSR count). The van der Waals surface area contributed by atoms with Gasteiger partial charge in [0.15, 0.2) is 0 Å². The van der Waals surface area contributed by atoms with Gasteiger partial charge in [-0.25, -0.2) is 8.78 Å². The normalized spacial score (nSPS) is 10.4. The van der Waals surface area contributed by atoms with Gasteiger partial charge in [-0.2, -0.15) is 0 Å². The summed E-state index contributed by atoms with van der Waals surface area (Å²) in [5, 5.41) is 0. The van der Waals surface area contributed by atoms with Crippen LogP contribution in [0.3, 0.4) is 0 Å². The fraction of sp³-hybridized carbons (Fsp3) is 0. The molecular formula is C11H6BrF2NS. The summed E-state index contributed by atoms with van der Waals surface area (Å²) in [5.41, 5.74) is 0. The van der Waals surface area contributed by atoms with Crippen molar-refractivity contribution in [3.63, 3.8) is 0 Å². The van der Waals surface area contributed by atoms with Gasteiger partial charge in [0.1, 0.15) is 11.6 Å². The maximum Gasteiger partial charge on any atom is 0.140 e. The summed E-state index contributed by atoms with van der Waals surface area (Å²) in [4.78, 5) is 5.13. The average molecular weight is 302 g/mol. The summed E-state index contributed by atoms with van der Waals surface area (Å²) in [7, 11) is 0. The summed E-state index contributed by atoms with van der Waals surface area (Å²) >= 11 is 4.53. The summed E-state index contributed by atoms with van der Waals surface area (Å²) in [5.74, 6) is -1.13. The molecule has 0 unspecified atom stereocenters. The Labute approximate surface area is 104 Å². The molecule has 0 fully saturated rings. The molecule has 0 N–H and O–H groups in total. The van der Waals surface area contributed by atoms with Crippen LogP contribution in [0.25, 0.3) is 0 Å². The van der Waals surface area contributed by atoms with E-state index in [1.54, 1.807) is 18.5 Å². The molecule has 1 heterocycles. The molecular weight excluding hydrogens is 296 g/mol. The van der Waals surface area contributed by atoms with Crippen molar-refractivity contribution in [1.29, 1.82) is 0 Å². The van der Waals surface area contributed by atoms with Gasteiger partial charge in [0, 0.05) is 32.7 Å². The highest BCUT2D eigenvalue weighted by molar-refractivity contribution is 9.10. The van der Waals surface area contributed by atoms with E-state index < -0.39 is 11.6 Å². The predicted molar refractivity (Wildman–Crippen MR) is 62.4 cm³/mol. The van der Waals surface area contributed by atoms with Crippen LogP contribution < -0.4 is 0 Å². The Morgan fingerprint density at radius 3 is 2.62 bits per heavy atom. The second-order valence-corrected chi connectivity index (χ2v) is 4.92. The van der Waals surface area contributed by atoms with Crippen LogP contribution >= 0.6 is 27.7 Å². The molecule has 2 aromatic rings. The van der Waals surface area contributed by atoms with E-state index in [4.69, 9.17) is 0 Å². The van der Waals surface area contributed by atoms with E-state index in [1.807, 2.05) is 0 Å². The van der Waals surface area contributed by atoms with E-state index in [0.717, 1.165) is 15.4 Å². The molecule has 82 valence electrons. The van der Waals surface area contributed by atoms with Crippen LogP contribution in [0.1, 0.15) is 0 Å². The van der Waals surface area contributed by atoms with Crippen LogP contribution in [-0.4, -0.2) is 4.98 Å². The van der Waals surface area contributed by atoms with Crippen LogP contribution in [0.2, 0.25) is 0 Å². The molecule has 0 aliphatic rings. The van der Waals surface area contributed by atoms with Crippen LogP contribution in [-0.2, 0) is 0 Å². The van der Waals surface area contributed by atoms with Gasteiger partial charge in [-0.05, 0) is 34.1 Å². The fourth-order valence-corrected chi connectivity index (χ4v) is 2.42. The van der Waals surface area contributed by atoms with Crippen molar-refractivity contribution in [2.75, 3.05) is 0 Å². The lowest BCUT2D eigenvalue weighted by molar-refractivity contribution is 0.565. The van der Waals surface area contributed by atoms with Gasteiger partial charge in [-0.3, -0.25) is 4.98 Å². The highest BCUT2D eigenvalue weighted by Gasteiger charge is 2.07. The summed E-state index contributed by atoms with van der Waals surface area (Å²) in [6.07, 6.45) is 3.25. The van der Waals surface area contributed by atoms with Gasteiger partial charge in [0.25, 0.3) is 0 Å². The van der Waals surface area contributed by atoms with Crippen LogP contribution in [0.5, 0.6) is 0 Å². The number of hydrogen-bond donors (Lipinski definition) is 0. The highest BCUT2D eigenvalue weighted by atomic mass is 79.9. The lowest BCUT2D eigenvalue weighted by atomic mass is 10.3. The molecule has 0 radical (unpaired) electrons. The van der Waals surface area contributed by atoms with Gasteiger partial charge in [0.05, 0.1) is 0 Å². The maximum absolute atomic E-state index is 13.4. The van der Waals surface area contributed by atoms with E-state index in [0.29, 0.717) is 4.90 Å². The quantitative estimate of drug-likeness (QED) is 0.821. The summed E-state index contributed by atoms with van der Waals surface area (Å²) in [6, 6.07) is 5.29. The first-order chi connectivity index (χ1) is 7.66. The van der Waals surface area contributed by atoms with E-state index in [9.17, 15) is 8.78 Å². The third-order valence-corrected chi connectivity index (χ3v) is 3.87. The van der Waals surface area contributed by atoms with Crippen molar-refractivity contribution in [1.82, 2.24) is 4.98 Å². The standard InChI is InChI=1S/C11H6BrF2NS/c12-8-6-15-4-3-10(8)16-11-2-1-7(13)5-9(11)14/h1-6H. The number of pyridine rings is 1. The first kappa shape index (κ1) is 11.5. The Balaban J connectivity index is 2.31. The van der Waals surface area contributed by atoms with Crippen molar-refractivity contribution >= 4 is 27.7 Å². The molecule has 0 amide bonds. The molecule has 16 heavy (non-hydrogen) atoms. The first-order valence-corrected chi connectivity index (χ1v) is 6.00. The Morgan fingerprint density at radius 1 is 1.12 bits per heavy atom. The molecule has 0 spiro atoms. The highest BCUT2D eigenvalue weighted by Crippen LogP contribution is 2.34. The minimum absolute atomic E-state index is 0.383. The number of nitrogens with zero attached hydrogens (tertiary/aromatic N) is 1. The molecule has 0 saturated carbocycles. The van der Waals surface area contributed by atoms with Crippen molar-refractivity contribution in [2.45, 2.75) is 9.79 Å². The van der Waals surface area contributed by atoms with Crippen molar-refractivity contribution in [3.05, 3.63) is 52.8 Å². The zero-order valence-electron chi connectivity index (χ0n) is 7.95. The third kappa shape index (κ3) is 2.59. The predicted octanol–water partition coefficient (Wildman–Crippen LogP) is 4.27. The van der Waals surface area contributed by atoms with E-state index in [1.165, 1.54) is 23.9 Å². The Bertz CT molecular complexity index is 519. The molecule has 5 heteroatoms. The van der Waals surface area contributed by atoms with E-state index >= 15 is 0 Å². The smallest absolute Gasteiger partial charge is 0.140 e. The Kier molecular flexibility index (Phi) is 3.56. The maximum atomic E-state index is 13.4. The van der Waals surface area contributed by atoms with Crippen molar-refractivity contribution in [3.8, 4) is 0 Å². The Morgan fingerprint density at radius 2 is 1.94 bits per heavy atom. The van der Waals surface area contributed by atoms with Gasteiger partial charge >= 0.3 is 0 Å². The zero-order valence-corrected chi connectivity index (χ0v) is 10.4. The lowest BCUT2D eigenvalue weighted by Gasteiger charge is -2.04. The number of aromatic nitrogens is 1. The number of benzene rings is 1. The number of rotatable bonds is 2. The topological polar surface area (TPSA) is 12.9 Å². The number of halogens is 3. The minimum Gasteiger partial charge on any atom is -0.263 e. The van der Waals surface area contributed by atoms with Gasteiger partial charge in [-0.1, -0.05) is 11.8 Å². The van der Waals surface area contributed by atoms with Crippen LogP contribution in [0.4, 0.5) is 8.78 Å². The number of hydrogen-bond acceptors (Lipinski definition) is 2. The van der Waals surface area contributed by atoms with E-state index in [-0.39, 0.29) is 0 Å². The molecule has 1 aromatic carbocycles. The second kappa shape index (κ2) is 4.93. The van der Waals surface area contributed by atoms with Crippen LogP contribution in [0.15, 0.2) is 50.9 Å². The molecule has 1 aromatic heterocycles. The molecule has 1 nitrogen and oxygen atoms in total. The fourth-order valence-electron chi connectivity index (χ4n) is 1.12. The summed E-state index contributed by atoms with van der Waals surface area (Å²) in [6.45, 7) is 0. The molecule has 0 bridgehead atoms. The van der Waals surface area contributed by atoms with Crippen LogP contribution in [0, 0.1) is 11.6 Å². The Hall–Kier alpha value is -0.940. The van der Waals surface area contributed by atoms with Gasteiger partial charge in [0.2, 0.25) is 0 Å². The first-order valence-electron chi connectivity index (χ1n) is 4.39. The van der Waals surface area contributed by atoms with Gasteiger partial charge in [-0.15, -0.1) is 0 Å². The third-order valence-electron chi connectivity index (χ3n) is 1.85. The average Bonchev–Trinajstić information content (AvgIpc) is 2.25. The zero-order chi connectivity index (χ0) is 11.5. The molecule has 0 saturated heterocycles. The van der Waals surface area contributed by atoms with Crippen molar-refractivity contribution in [2.24, 2.45) is 0 Å². The van der Waals surface area contributed by atoms with Crippen molar-refractivity contribution < 1.29 is 8.78 Å². The molecule has 0 aliphatic heterocycles. The molecule has 0 aliphatic carbocycles. The molecule has 0 atom stereocenters. The second-order valence-electron chi connectivity index (χ2n) is 2.98. The largest absolute Gasteiger partial charge is 0.263 e. The minimum atomic E-state index is -0.573.